The van der Waals surface area contributed by atoms with Crippen LogP contribution in [0.4, 0.5) is 0 Å². The average molecular weight is 147 g/mol. The van der Waals surface area contributed by atoms with Gasteiger partial charge in [-0.15, -0.1) is 0 Å². The second-order valence-corrected chi connectivity index (χ2v) is 3.00. The van der Waals surface area contributed by atoms with Crippen LogP contribution in [0.2, 0.25) is 0 Å². The van der Waals surface area contributed by atoms with Gasteiger partial charge in [0.2, 0.25) is 0 Å². The summed E-state index contributed by atoms with van der Waals surface area (Å²) >= 11 is 6.22. The fraction of sp³-hybridized carbons (Fsp3) is 0.500. The first-order valence-electron chi connectivity index (χ1n) is 2.17. The molecule has 1 N–H and O–H groups in total. The van der Waals surface area contributed by atoms with Gasteiger partial charge in [0.25, 0.3) is 0 Å². The summed E-state index contributed by atoms with van der Waals surface area (Å²) in [6.45, 7) is 0.0487. The first-order valence-corrected chi connectivity index (χ1v) is 3.56. The normalized spacial score (nSPS) is 19.1. The molecule has 0 amide bonds. The summed E-state index contributed by atoms with van der Waals surface area (Å²) in [5.74, 6) is 0.773. The van der Waals surface area contributed by atoms with Gasteiger partial charge in [0.05, 0.1) is 12.3 Å². The van der Waals surface area contributed by atoms with Gasteiger partial charge in [0.1, 0.15) is 0 Å². The summed E-state index contributed by atoms with van der Waals surface area (Å²) in [6.07, 6.45) is 0. The Morgan fingerprint density at radius 2 is 2.62 bits per heavy atom. The van der Waals surface area contributed by atoms with Crippen LogP contribution in [-0.4, -0.2) is 27.5 Å². The third-order valence-electron chi connectivity index (χ3n) is 0.794. The summed E-state index contributed by atoms with van der Waals surface area (Å²) in [5, 5.41) is 8.48. The number of hydrogen-bond donors (Lipinski definition) is 1. The molecule has 0 aromatic heterocycles. The van der Waals surface area contributed by atoms with Gasteiger partial charge in [0, 0.05) is 5.75 Å². The van der Waals surface area contributed by atoms with E-state index in [9.17, 15) is 0 Å². The van der Waals surface area contributed by atoms with Crippen LogP contribution in [-0.2, 0) is 0 Å². The van der Waals surface area contributed by atoms with Crippen molar-refractivity contribution in [3.63, 3.8) is 0 Å². The SMILES string of the molecule is OCC1=NC(=S)SC1. The summed E-state index contributed by atoms with van der Waals surface area (Å²) in [5.41, 5.74) is 0.792. The zero-order valence-electron chi connectivity index (χ0n) is 4.13. The molecule has 0 saturated heterocycles. The Balaban J connectivity index is 2.57. The monoisotopic (exact) mass is 147 g/mol. The van der Waals surface area contributed by atoms with Crippen LogP contribution >= 0.6 is 24.0 Å². The van der Waals surface area contributed by atoms with E-state index in [4.69, 9.17) is 17.3 Å². The third kappa shape index (κ3) is 1.27. The van der Waals surface area contributed by atoms with Crippen molar-refractivity contribution in [3.05, 3.63) is 0 Å². The molecule has 4 heteroatoms. The summed E-state index contributed by atoms with van der Waals surface area (Å²) in [6, 6.07) is 0. The molecule has 0 unspecified atom stereocenters. The van der Waals surface area contributed by atoms with Crippen molar-refractivity contribution in [3.8, 4) is 0 Å². The maximum Gasteiger partial charge on any atom is 0.160 e. The maximum atomic E-state index is 8.48. The minimum atomic E-state index is 0.0487. The van der Waals surface area contributed by atoms with Crippen molar-refractivity contribution in [1.29, 1.82) is 0 Å². The molecule has 8 heavy (non-hydrogen) atoms. The standard InChI is InChI=1S/C4H5NOS2/c6-1-3-2-8-4(7)5-3/h6H,1-2H2. The van der Waals surface area contributed by atoms with Crippen molar-refractivity contribution in [2.75, 3.05) is 12.4 Å². The smallest absolute Gasteiger partial charge is 0.160 e. The number of thiocarbonyl (C=S) groups is 1. The van der Waals surface area contributed by atoms with Gasteiger partial charge in [-0.3, -0.25) is 0 Å². The first-order chi connectivity index (χ1) is 3.83. The van der Waals surface area contributed by atoms with E-state index < -0.39 is 0 Å². The number of aliphatic hydroxyl groups is 1. The molecule has 0 aliphatic carbocycles. The Hall–Kier alpha value is 0.0700. The van der Waals surface area contributed by atoms with E-state index in [1.807, 2.05) is 0 Å². The second-order valence-electron chi connectivity index (χ2n) is 1.39. The Morgan fingerprint density at radius 1 is 1.88 bits per heavy atom. The molecule has 2 nitrogen and oxygen atoms in total. The lowest BCUT2D eigenvalue weighted by molar-refractivity contribution is 0.357. The Kier molecular flexibility index (Phi) is 1.99. The highest BCUT2D eigenvalue weighted by molar-refractivity contribution is 8.23. The van der Waals surface area contributed by atoms with Crippen LogP contribution in [0.5, 0.6) is 0 Å². The van der Waals surface area contributed by atoms with E-state index in [0.29, 0.717) is 4.32 Å². The largest absolute Gasteiger partial charge is 0.390 e. The average Bonchev–Trinajstić information content (AvgIpc) is 2.14. The number of aliphatic imine (C=N–C) groups is 1. The summed E-state index contributed by atoms with van der Waals surface area (Å²) in [4.78, 5) is 3.87. The minimum absolute atomic E-state index is 0.0487. The molecule has 1 aliphatic rings. The molecule has 0 radical (unpaired) electrons. The van der Waals surface area contributed by atoms with Crippen LogP contribution in [0.25, 0.3) is 0 Å². The van der Waals surface area contributed by atoms with Gasteiger partial charge in [0.15, 0.2) is 4.32 Å². The predicted molar refractivity (Wildman–Crippen MR) is 39.6 cm³/mol. The Bertz CT molecular complexity index is 143. The molecular formula is C4H5NOS2. The molecule has 0 atom stereocenters. The highest BCUT2D eigenvalue weighted by Crippen LogP contribution is 2.13. The molecule has 44 valence electrons. The lowest BCUT2D eigenvalue weighted by Crippen LogP contribution is -2.02. The molecular weight excluding hydrogens is 142 g/mol. The lowest BCUT2D eigenvalue weighted by atomic mass is 10.5. The first kappa shape index (κ1) is 6.19. The van der Waals surface area contributed by atoms with Crippen LogP contribution in [0.15, 0.2) is 4.99 Å². The van der Waals surface area contributed by atoms with Crippen LogP contribution in [0.1, 0.15) is 0 Å². The maximum absolute atomic E-state index is 8.48. The zero-order valence-corrected chi connectivity index (χ0v) is 5.76. The molecule has 0 fully saturated rings. The quantitative estimate of drug-likeness (QED) is 0.547. The van der Waals surface area contributed by atoms with Gasteiger partial charge >= 0.3 is 0 Å². The van der Waals surface area contributed by atoms with Gasteiger partial charge in [-0.1, -0.05) is 24.0 Å². The van der Waals surface area contributed by atoms with Gasteiger partial charge in [-0.05, 0) is 0 Å². The molecule has 0 aromatic rings. The molecule has 1 heterocycles. The van der Waals surface area contributed by atoms with Gasteiger partial charge < -0.3 is 5.11 Å². The molecule has 0 spiro atoms. The van der Waals surface area contributed by atoms with Gasteiger partial charge in [-0.2, -0.15) is 0 Å². The van der Waals surface area contributed by atoms with Crippen LogP contribution in [0, 0.1) is 0 Å². The number of hydrogen-bond acceptors (Lipinski definition) is 3. The molecule has 1 aliphatic heterocycles. The summed E-state index contributed by atoms with van der Waals surface area (Å²) in [7, 11) is 0. The minimum Gasteiger partial charge on any atom is -0.390 e. The number of thioether (sulfide) groups is 1. The fourth-order valence-electron chi connectivity index (χ4n) is 0.420. The highest BCUT2D eigenvalue weighted by atomic mass is 32.2. The van der Waals surface area contributed by atoms with E-state index in [0.717, 1.165) is 11.5 Å². The number of rotatable bonds is 1. The topological polar surface area (TPSA) is 32.6 Å². The second kappa shape index (κ2) is 2.57. The fourth-order valence-corrected chi connectivity index (χ4v) is 1.37. The molecule has 0 saturated carbocycles. The van der Waals surface area contributed by atoms with E-state index in [1.54, 1.807) is 0 Å². The Morgan fingerprint density at radius 3 is 2.88 bits per heavy atom. The van der Waals surface area contributed by atoms with Crippen molar-refractivity contribution >= 4 is 34.0 Å². The lowest BCUT2D eigenvalue weighted by Gasteiger charge is -1.84. The van der Waals surface area contributed by atoms with Crippen molar-refractivity contribution in [1.82, 2.24) is 0 Å². The molecule has 0 aromatic carbocycles. The van der Waals surface area contributed by atoms with Crippen molar-refractivity contribution in [2.45, 2.75) is 0 Å². The van der Waals surface area contributed by atoms with Crippen LogP contribution in [0.3, 0.4) is 0 Å². The van der Waals surface area contributed by atoms with Crippen molar-refractivity contribution in [2.24, 2.45) is 4.99 Å². The number of aliphatic hydroxyl groups excluding tert-OH is 1. The van der Waals surface area contributed by atoms with E-state index in [1.165, 1.54) is 11.8 Å². The van der Waals surface area contributed by atoms with E-state index in [-0.39, 0.29) is 6.61 Å². The van der Waals surface area contributed by atoms with E-state index in [2.05, 4.69) is 4.99 Å². The summed E-state index contributed by atoms with van der Waals surface area (Å²) < 4.78 is 0.647. The van der Waals surface area contributed by atoms with Crippen LogP contribution < -0.4 is 0 Å². The molecule has 0 bridgehead atoms. The van der Waals surface area contributed by atoms with E-state index >= 15 is 0 Å². The van der Waals surface area contributed by atoms with Gasteiger partial charge in [-0.25, -0.2) is 4.99 Å². The highest BCUT2D eigenvalue weighted by Gasteiger charge is 2.08. The van der Waals surface area contributed by atoms with Crippen molar-refractivity contribution < 1.29 is 5.11 Å². The Labute approximate surface area is 57.0 Å². The zero-order chi connectivity index (χ0) is 5.98. The molecule has 1 rings (SSSR count). The number of nitrogens with zero attached hydrogens (tertiary/aromatic N) is 1. The predicted octanol–water partition coefficient (Wildman–Crippen LogP) is 0.451. The third-order valence-corrected chi connectivity index (χ3v) is 2.05.